The first-order valence-electron chi connectivity index (χ1n) is 8.52. The second-order valence-electron chi connectivity index (χ2n) is 5.80. The van der Waals surface area contributed by atoms with Gasteiger partial charge in [0.1, 0.15) is 0 Å². The molecule has 0 saturated heterocycles. The summed E-state index contributed by atoms with van der Waals surface area (Å²) in [6.07, 6.45) is 0. The first-order chi connectivity index (χ1) is 13.2. The summed E-state index contributed by atoms with van der Waals surface area (Å²) in [5, 5.41) is 9.27. The minimum Gasteiger partial charge on any atom is -0.454 e. The van der Waals surface area contributed by atoms with E-state index in [-0.39, 0.29) is 12.7 Å². The van der Waals surface area contributed by atoms with Gasteiger partial charge in [0, 0.05) is 36.7 Å². The summed E-state index contributed by atoms with van der Waals surface area (Å²) in [6.45, 7) is 1.91. The predicted octanol–water partition coefficient (Wildman–Crippen LogP) is 2.27. The molecular formula is C19H21BrN4O3. The molecule has 8 heteroatoms. The number of hydrogen-bond acceptors (Lipinski definition) is 4. The average molecular weight is 433 g/mol. The highest BCUT2D eigenvalue weighted by molar-refractivity contribution is 9.10. The summed E-state index contributed by atoms with van der Waals surface area (Å²) in [4.78, 5) is 16.2. The number of rotatable bonds is 6. The molecule has 0 unspecified atom stereocenters. The fourth-order valence-electron chi connectivity index (χ4n) is 2.52. The number of halogens is 1. The van der Waals surface area contributed by atoms with Crippen molar-refractivity contribution in [1.29, 1.82) is 0 Å². The van der Waals surface area contributed by atoms with Crippen LogP contribution in [0.15, 0.2) is 51.9 Å². The summed E-state index contributed by atoms with van der Waals surface area (Å²) in [7, 11) is 1.70. The van der Waals surface area contributed by atoms with Gasteiger partial charge >= 0.3 is 0 Å². The first kappa shape index (κ1) is 19.0. The highest BCUT2D eigenvalue weighted by atomic mass is 79.9. The quantitative estimate of drug-likeness (QED) is 0.370. The number of aliphatic imine (C=N–C) groups is 1. The average Bonchev–Trinajstić information content (AvgIpc) is 3.15. The van der Waals surface area contributed by atoms with Crippen molar-refractivity contribution in [2.45, 2.75) is 6.54 Å². The van der Waals surface area contributed by atoms with E-state index in [1.807, 2.05) is 30.3 Å². The monoisotopic (exact) mass is 432 g/mol. The van der Waals surface area contributed by atoms with Crippen LogP contribution in [0.3, 0.4) is 0 Å². The van der Waals surface area contributed by atoms with Gasteiger partial charge in [-0.1, -0.05) is 22.0 Å². The number of fused-ring (bicyclic) bond motifs is 1. The lowest BCUT2D eigenvalue weighted by Crippen LogP contribution is -2.41. The topological polar surface area (TPSA) is 84.0 Å². The van der Waals surface area contributed by atoms with Gasteiger partial charge in [-0.05, 0) is 42.0 Å². The molecule has 3 rings (SSSR count). The molecule has 0 aromatic heterocycles. The maximum atomic E-state index is 12.1. The minimum absolute atomic E-state index is 0.104. The summed E-state index contributed by atoms with van der Waals surface area (Å²) < 4.78 is 11.6. The van der Waals surface area contributed by atoms with Crippen molar-refractivity contribution in [1.82, 2.24) is 16.0 Å². The van der Waals surface area contributed by atoms with E-state index < -0.39 is 0 Å². The first-order valence-corrected chi connectivity index (χ1v) is 9.32. The van der Waals surface area contributed by atoms with Crippen LogP contribution in [0.4, 0.5) is 0 Å². The van der Waals surface area contributed by atoms with Gasteiger partial charge in [-0.25, -0.2) is 0 Å². The van der Waals surface area contributed by atoms with Crippen LogP contribution >= 0.6 is 15.9 Å². The Morgan fingerprint density at radius 3 is 2.56 bits per heavy atom. The molecule has 0 saturated carbocycles. The standard InChI is InChI=1S/C19H21BrN4O3/c1-21-19(24-11-13-2-7-16-17(10-13)27-12-26-16)23-9-8-22-18(25)14-3-5-15(20)6-4-14/h2-7,10H,8-9,11-12H2,1H3,(H,22,25)(H2,21,23,24). The molecule has 0 bridgehead atoms. The fourth-order valence-corrected chi connectivity index (χ4v) is 2.78. The van der Waals surface area contributed by atoms with Gasteiger partial charge in [0.05, 0.1) is 0 Å². The lowest BCUT2D eigenvalue weighted by molar-refractivity contribution is 0.0954. The smallest absolute Gasteiger partial charge is 0.251 e. The Labute approximate surface area is 166 Å². The third kappa shape index (κ3) is 5.37. The van der Waals surface area contributed by atoms with E-state index in [0.717, 1.165) is 21.5 Å². The molecule has 1 amide bonds. The number of nitrogens with zero attached hydrogens (tertiary/aromatic N) is 1. The number of nitrogens with one attached hydrogen (secondary N) is 3. The van der Waals surface area contributed by atoms with Crippen molar-refractivity contribution in [3.8, 4) is 11.5 Å². The molecular weight excluding hydrogens is 412 g/mol. The molecule has 27 heavy (non-hydrogen) atoms. The Hall–Kier alpha value is -2.74. The minimum atomic E-state index is -0.104. The lowest BCUT2D eigenvalue weighted by atomic mass is 10.2. The van der Waals surface area contributed by atoms with Gasteiger partial charge in [-0.15, -0.1) is 0 Å². The Bertz CT molecular complexity index is 824. The van der Waals surface area contributed by atoms with Crippen LogP contribution in [-0.4, -0.2) is 38.8 Å². The number of amides is 1. The third-order valence-corrected chi connectivity index (χ3v) is 4.46. The number of benzene rings is 2. The number of carbonyl (C=O) groups excluding carboxylic acids is 1. The number of guanidine groups is 1. The zero-order chi connectivity index (χ0) is 19.1. The van der Waals surface area contributed by atoms with E-state index in [9.17, 15) is 4.79 Å². The number of hydrogen-bond donors (Lipinski definition) is 3. The normalized spacial score (nSPS) is 12.6. The number of ether oxygens (including phenoxy) is 2. The number of carbonyl (C=O) groups is 1. The molecule has 3 N–H and O–H groups in total. The Kier molecular flexibility index (Phi) is 6.54. The van der Waals surface area contributed by atoms with E-state index in [1.54, 1.807) is 19.2 Å². The molecule has 0 spiro atoms. The van der Waals surface area contributed by atoms with Crippen molar-refractivity contribution in [2.24, 2.45) is 4.99 Å². The van der Waals surface area contributed by atoms with E-state index in [1.165, 1.54) is 0 Å². The maximum absolute atomic E-state index is 12.1. The summed E-state index contributed by atoms with van der Waals surface area (Å²) in [6, 6.07) is 13.1. The molecule has 0 fully saturated rings. The van der Waals surface area contributed by atoms with Gasteiger partial charge < -0.3 is 25.4 Å². The summed E-state index contributed by atoms with van der Waals surface area (Å²) >= 11 is 3.35. The van der Waals surface area contributed by atoms with E-state index in [0.29, 0.717) is 31.2 Å². The highest BCUT2D eigenvalue weighted by Crippen LogP contribution is 2.32. The van der Waals surface area contributed by atoms with Crippen molar-refractivity contribution in [3.63, 3.8) is 0 Å². The zero-order valence-electron chi connectivity index (χ0n) is 14.9. The Balaban J connectivity index is 1.39. The van der Waals surface area contributed by atoms with Crippen LogP contribution in [0.5, 0.6) is 11.5 Å². The van der Waals surface area contributed by atoms with Gasteiger partial charge in [-0.3, -0.25) is 9.79 Å². The van der Waals surface area contributed by atoms with Crippen LogP contribution < -0.4 is 25.4 Å². The van der Waals surface area contributed by atoms with Crippen LogP contribution in [0.1, 0.15) is 15.9 Å². The van der Waals surface area contributed by atoms with Gasteiger partial charge in [0.25, 0.3) is 5.91 Å². The molecule has 2 aromatic rings. The van der Waals surface area contributed by atoms with Crippen molar-refractivity contribution in [2.75, 3.05) is 26.9 Å². The Morgan fingerprint density at radius 2 is 1.78 bits per heavy atom. The van der Waals surface area contributed by atoms with Crippen LogP contribution in [0.25, 0.3) is 0 Å². The van der Waals surface area contributed by atoms with E-state index in [4.69, 9.17) is 9.47 Å². The van der Waals surface area contributed by atoms with Crippen molar-refractivity contribution in [3.05, 3.63) is 58.1 Å². The molecule has 0 atom stereocenters. The lowest BCUT2D eigenvalue weighted by Gasteiger charge is -2.12. The second-order valence-corrected chi connectivity index (χ2v) is 6.72. The summed E-state index contributed by atoms with van der Waals surface area (Å²) in [5.74, 6) is 2.08. The molecule has 7 nitrogen and oxygen atoms in total. The molecule has 2 aromatic carbocycles. The molecule has 1 aliphatic rings. The zero-order valence-corrected chi connectivity index (χ0v) is 16.5. The summed E-state index contributed by atoms with van der Waals surface area (Å²) in [5.41, 5.74) is 1.69. The molecule has 142 valence electrons. The van der Waals surface area contributed by atoms with Crippen LogP contribution in [0, 0.1) is 0 Å². The molecule has 1 heterocycles. The third-order valence-electron chi connectivity index (χ3n) is 3.93. The van der Waals surface area contributed by atoms with Crippen molar-refractivity contribution < 1.29 is 14.3 Å². The van der Waals surface area contributed by atoms with E-state index >= 15 is 0 Å². The molecule has 0 aliphatic carbocycles. The maximum Gasteiger partial charge on any atom is 0.251 e. The van der Waals surface area contributed by atoms with E-state index in [2.05, 4.69) is 36.9 Å². The van der Waals surface area contributed by atoms with Gasteiger partial charge in [0.15, 0.2) is 17.5 Å². The SMILES string of the molecule is CN=C(NCCNC(=O)c1ccc(Br)cc1)NCc1ccc2c(c1)OCO2. The van der Waals surface area contributed by atoms with Gasteiger partial charge in [0.2, 0.25) is 6.79 Å². The Morgan fingerprint density at radius 1 is 1.04 bits per heavy atom. The van der Waals surface area contributed by atoms with Crippen molar-refractivity contribution >= 4 is 27.8 Å². The molecule has 1 aliphatic heterocycles. The second kappa shape index (κ2) is 9.27. The fraction of sp³-hybridized carbons (Fsp3) is 0.263. The molecule has 0 radical (unpaired) electrons. The predicted molar refractivity (Wildman–Crippen MR) is 107 cm³/mol. The largest absolute Gasteiger partial charge is 0.454 e. The van der Waals surface area contributed by atoms with Crippen LogP contribution in [0.2, 0.25) is 0 Å². The van der Waals surface area contributed by atoms with Crippen LogP contribution in [-0.2, 0) is 6.54 Å². The highest BCUT2D eigenvalue weighted by Gasteiger charge is 2.13. The van der Waals surface area contributed by atoms with Gasteiger partial charge in [-0.2, -0.15) is 0 Å².